The van der Waals surface area contributed by atoms with Gasteiger partial charge in [0, 0.05) is 12.0 Å². The van der Waals surface area contributed by atoms with Crippen molar-refractivity contribution in [2.45, 2.75) is 24.9 Å². The molecule has 1 aromatic carbocycles. The van der Waals surface area contributed by atoms with E-state index in [1.165, 1.54) is 12.7 Å². The van der Waals surface area contributed by atoms with Crippen LogP contribution in [-0.2, 0) is 4.74 Å². The Labute approximate surface area is 148 Å². The number of rotatable bonds is 4. The van der Waals surface area contributed by atoms with E-state index in [4.69, 9.17) is 4.74 Å². The molecule has 3 atom stereocenters. The van der Waals surface area contributed by atoms with Gasteiger partial charge in [-0.25, -0.2) is 15.0 Å². The van der Waals surface area contributed by atoms with E-state index in [1.54, 1.807) is 28.8 Å². The largest absolute Gasteiger partial charge is 0.394 e. The average molecular weight is 355 g/mol. The van der Waals surface area contributed by atoms with Gasteiger partial charge in [0.05, 0.1) is 19.0 Å². The van der Waals surface area contributed by atoms with E-state index in [-0.39, 0.29) is 12.5 Å². The van der Waals surface area contributed by atoms with E-state index in [1.807, 2.05) is 6.07 Å². The predicted molar refractivity (Wildman–Crippen MR) is 91.3 cm³/mol. The van der Waals surface area contributed by atoms with Crippen LogP contribution in [0.15, 0.2) is 43.0 Å². The van der Waals surface area contributed by atoms with Crippen LogP contribution in [0.3, 0.4) is 0 Å². The third-order valence-electron chi connectivity index (χ3n) is 4.32. The van der Waals surface area contributed by atoms with Crippen molar-refractivity contribution in [3.63, 3.8) is 0 Å². The summed E-state index contributed by atoms with van der Waals surface area (Å²) in [6.45, 7) is -0.266. The van der Waals surface area contributed by atoms with Gasteiger partial charge in [-0.1, -0.05) is 18.2 Å². The molecule has 26 heavy (non-hydrogen) atoms. The van der Waals surface area contributed by atoms with Crippen LogP contribution < -0.4 is 5.32 Å². The van der Waals surface area contributed by atoms with Crippen LogP contribution in [-0.4, -0.2) is 54.5 Å². The summed E-state index contributed by atoms with van der Waals surface area (Å²) >= 11 is 0. The normalized spacial score (nSPS) is 22.6. The number of benzene rings is 1. The predicted octanol–water partition coefficient (Wildman–Crippen LogP) is 0.719. The standard InChI is InChI=1S/C17H17N5O4/c23-7-12-11(24)6-13(26-12)22-9-20-14-15(18-8-19-16(14)22)21-17(25)10-4-2-1-3-5-10/h1-5,8-9,11-13,23-24H,6-7H2,(H,18,19,21,25)/t11-,12+,13+/m1/s1. The SMILES string of the molecule is O=C(Nc1ncnc2c1ncn2[C@@H]1C[C@@H](O)[C@H](CO)O1)c1ccccc1. The summed E-state index contributed by atoms with van der Waals surface area (Å²) < 4.78 is 7.30. The molecule has 3 heterocycles. The highest BCUT2D eigenvalue weighted by Gasteiger charge is 2.35. The van der Waals surface area contributed by atoms with Crippen LogP contribution in [0.4, 0.5) is 5.82 Å². The molecule has 0 bridgehead atoms. The summed E-state index contributed by atoms with van der Waals surface area (Å²) in [7, 11) is 0. The Morgan fingerprint density at radius 1 is 1.27 bits per heavy atom. The highest BCUT2D eigenvalue weighted by Crippen LogP contribution is 2.31. The molecule has 4 rings (SSSR count). The zero-order valence-corrected chi connectivity index (χ0v) is 13.7. The third-order valence-corrected chi connectivity index (χ3v) is 4.32. The number of nitrogens with zero attached hydrogens (tertiary/aromatic N) is 4. The Balaban J connectivity index is 1.63. The Morgan fingerprint density at radius 3 is 2.81 bits per heavy atom. The van der Waals surface area contributed by atoms with Crippen LogP contribution in [0, 0.1) is 0 Å². The Hall–Kier alpha value is -2.88. The van der Waals surface area contributed by atoms with Gasteiger partial charge >= 0.3 is 0 Å². The number of hydrogen-bond acceptors (Lipinski definition) is 7. The number of aliphatic hydroxyl groups excluding tert-OH is 2. The van der Waals surface area contributed by atoms with Gasteiger partial charge in [0.2, 0.25) is 0 Å². The lowest BCUT2D eigenvalue weighted by Gasteiger charge is -2.13. The number of amides is 1. The number of ether oxygens (including phenoxy) is 1. The van der Waals surface area contributed by atoms with Crippen molar-refractivity contribution in [3.8, 4) is 0 Å². The lowest BCUT2D eigenvalue weighted by atomic mass is 10.2. The summed E-state index contributed by atoms with van der Waals surface area (Å²) in [4.78, 5) is 25.0. The molecular formula is C17H17N5O4. The van der Waals surface area contributed by atoms with Crippen LogP contribution in [0.5, 0.6) is 0 Å². The number of aliphatic hydroxyl groups is 2. The van der Waals surface area contributed by atoms with Crippen molar-refractivity contribution in [2.75, 3.05) is 11.9 Å². The van der Waals surface area contributed by atoms with Crippen LogP contribution >= 0.6 is 0 Å². The van der Waals surface area contributed by atoms with E-state index < -0.39 is 18.4 Å². The number of carbonyl (C=O) groups is 1. The average Bonchev–Trinajstić information content (AvgIpc) is 3.26. The zero-order chi connectivity index (χ0) is 18.1. The zero-order valence-electron chi connectivity index (χ0n) is 13.7. The molecule has 2 aromatic heterocycles. The van der Waals surface area contributed by atoms with Gasteiger partial charge in [-0.15, -0.1) is 0 Å². The molecule has 1 saturated heterocycles. The summed E-state index contributed by atoms with van der Waals surface area (Å²) in [5.74, 6) is -0.00658. The summed E-state index contributed by atoms with van der Waals surface area (Å²) in [5, 5.41) is 21.9. The van der Waals surface area contributed by atoms with Crippen molar-refractivity contribution >= 4 is 22.9 Å². The lowest BCUT2D eigenvalue weighted by molar-refractivity contribution is -0.0432. The maximum atomic E-state index is 12.4. The third kappa shape index (κ3) is 2.92. The first-order valence-corrected chi connectivity index (χ1v) is 8.15. The molecule has 3 N–H and O–H groups in total. The van der Waals surface area contributed by atoms with E-state index in [2.05, 4.69) is 20.3 Å². The Kier molecular flexibility index (Phi) is 4.33. The van der Waals surface area contributed by atoms with Crippen molar-refractivity contribution in [3.05, 3.63) is 48.5 Å². The summed E-state index contributed by atoms with van der Waals surface area (Å²) in [6.07, 6.45) is 1.26. The van der Waals surface area contributed by atoms with E-state index in [0.717, 1.165) is 0 Å². The van der Waals surface area contributed by atoms with Gasteiger partial charge in [-0.05, 0) is 12.1 Å². The van der Waals surface area contributed by atoms with Crippen molar-refractivity contribution < 1.29 is 19.7 Å². The number of imidazole rings is 1. The highest BCUT2D eigenvalue weighted by molar-refractivity contribution is 6.06. The fourth-order valence-corrected chi connectivity index (χ4v) is 2.97. The maximum absolute atomic E-state index is 12.4. The van der Waals surface area contributed by atoms with E-state index in [9.17, 15) is 15.0 Å². The number of nitrogens with one attached hydrogen (secondary N) is 1. The molecule has 1 aliphatic heterocycles. The number of hydrogen-bond donors (Lipinski definition) is 3. The molecular weight excluding hydrogens is 338 g/mol. The number of aromatic nitrogens is 4. The molecule has 0 spiro atoms. The molecule has 1 aliphatic rings. The topological polar surface area (TPSA) is 122 Å². The molecule has 1 amide bonds. The van der Waals surface area contributed by atoms with Crippen molar-refractivity contribution in [2.24, 2.45) is 0 Å². The minimum atomic E-state index is -0.762. The molecule has 1 fully saturated rings. The van der Waals surface area contributed by atoms with Crippen LogP contribution in [0.25, 0.3) is 11.2 Å². The highest BCUT2D eigenvalue weighted by atomic mass is 16.5. The Bertz CT molecular complexity index is 929. The molecule has 9 heteroatoms. The first-order valence-electron chi connectivity index (χ1n) is 8.15. The van der Waals surface area contributed by atoms with Gasteiger partial charge in [0.25, 0.3) is 5.91 Å². The molecule has 0 unspecified atom stereocenters. The maximum Gasteiger partial charge on any atom is 0.256 e. The second-order valence-electron chi connectivity index (χ2n) is 5.98. The first kappa shape index (κ1) is 16.6. The van der Waals surface area contributed by atoms with Gasteiger partial charge in [-0.3, -0.25) is 9.36 Å². The fourth-order valence-electron chi connectivity index (χ4n) is 2.97. The molecule has 0 aliphatic carbocycles. The minimum Gasteiger partial charge on any atom is -0.394 e. The second-order valence-corrected chi connectivity index (χ2v) is 5.98. The van der Waals surface area contributed by atoms with Gasteiger partial charge in [0.15, 0.2) is 17.0 Å². The van der Waals surface area contributed by atoms with Crippen molar-refractivity contribution in [1.29, 1.82) is 0 Å². The summed E-state index contributed by atoms with van der Waals surface area (Å²) in [6, 6.07) is 8.79. The summed E-state index contributed by atoms with van der Waals surface area (Å²) in [5.41, 5.74) is 1.40. The Morgan fingerprint density at radius 2 is 2.08 bits per heavy atom. The van der Waals surface area contributed by atoms with E-state index in [0.29, 0.717) is 29.0 Å². The smallest absolute Gasteiger partial charge is 0.256 e. The van der Waals surface area contributed by atoms with E-state index >= 15 is 0 Å². The monoisotopic (exact) mass is 355 g/mol. The fraction of sp³-hybridized carbons (Fsp3) is 0.294. The van der Waals surface area contributed by atoms with Crippen molar-refractivity contribution in [1.82, 2.24) is 19.5 Å². The molecule has 0 radical (unpaired) electrons. The van der Waals surface area contributed by atoms with Gasteiger partial charge in [0.1, 0.15) is 18.7 Å². The first-order chi connectivity index (χ1) is 12.7. The second kappa shape index (κ2) is 6.79. The molecule has 134 valence electrons. The van der Waals surface area contributed by atoms with Gasteiger partial charge < -0.3 is 20.3 Å². The van der Waals surface area contributed by atoms with Crippen LogP contribution in [0.2, 0.25) is 0 Å². The quantitative estimate of drug-likeness (QED) is 0.630. The van der Waals surface area contributed by atoms with Crippen LogP contribution in [0.1, 0.15) is 23.0 Å². The lowest BCUT2D eigenvalue weighted by Crippen LogP contribution is -2.24. The number of carbonyl (C=O) groups excluding carboxylic acids is 1. The number of anilines is 1. The minimum absolute atomic E-state index is 0.266. The van der Waals surface area contributed by atoms with Gasteiger partial charge in [-0.2, -0.15) is 0 Å². The molecule has 3 aromatic rings. The molecule has 0 saturated carbocycles. The molecule has 9 nitrogen and oxygen atoms in total. The number of fused-ring (bicyclic) bond motifs is 1.